The lowest BCUT2D eigenvalue weighted by molar-refractivity contribution is -0.139. The molecule has 2 rings (SSSR count). The van der Waals surface area contributed by atoms with Crippen LogP contribution in [0.2, 0.25) is 0 Å². The van der Waals surface area contributed by atoms with Gasteiger partial charge in [0.25, 0.3) is 0 Å². The van der Waals surface area contributed by atoms with E-state index in [0.717, 1.165) is 11.1 Å². The van der Waals surface area contributed by atoms with Gasteiger partial charge in [-0.1, -0.05) is 56.8 Å². The fourth-order valence-electron chi connectivity index (χ4n) is 2.67. The largest absolute Gasteiger partial charge is 0.478 e. The van der Waals surface area contributed by atoms with Gasteiger partial charge in [-0.05, 0) is 36.3 Å². The van der Waals surface area contributed by atoms with Gasteiger partial charge in [0.05, 0.1) is 32.0 Å². The lowest BCUT2D eigenvalue weighted by atomic mass is 10.0. The number of carbonyl (C=O) groups is 2. The molecular formula is C25H30N2O4. The van der Waals surface area contributed by atoms with Crippen LogP contribution in [-0.4, -0.2) is 41.9 Å². The Balaban J connectivity index is 0.00000233. The van der Waals surface area contributed by atoms with Gasteiger partial charge in [0, 0.05) is 17.5 Å². The molecule has 0 radical (unpaired) electrons. The average molecular weight is 423 g/mol. The zero-order valence-corrected chi connectivity index (χ0v) is 18.5. The number of ether oxygens (including phenoxy) is 1. The van der Waals surface area contributed by atoms with Crippen molar-refractivity contribution in [1.29, 1.82) is 0 Å². The van der Waals surface area contributed by atoms with E-state index in [-0.39, 0.29) is 24.5 Å². The first-order valence-corrected chi connectivity index (χ1v) is 10.0. The van der Waals surface area contributed by atoms with Crippen LogP contribution in [0.5, 0.6) is 0 Å². The molecule has 6 nitrogen and oxygen atoms in total. The maximum atomic E-state index is 11.9. The summed E-state index contributed by atoms with van der Waals surface area (Å²) in [4.78, 5) is 29.2. The Kier molecular flexibility index (Phi) is 11.1. The van der Waals surface area contributed by atoms with E-state index in [0.29, 0.717) is 11.3 Å². The van der Waals surface area contributed by atoms with E-state index < -0.39 is 5.97 Å². The zero-order chi connectivity index (χ0) is 23.2. The minimum absolute atomic E-state index is 0.125. The van der Waals surface area contributed by atoms with Crippen molar-refractivity contribution in [3.8, 4) is 0 Å². The second-order valence-electron chi connectivity index (χ2n) is 6.25. The van der Waals surface area contributed by atoms with Crippen molar-refractivity contribution in [2.75, 3.05) is 13.7 Å². The number of rotatable bonds is 8. The van der Waals surface area contributed by atoms with E-state index in [4.69, 9.17) is 0 Å². The minimum Gasteiger partial charge on any atom is -0.478 e. The van der Waals surface area contributed by atoms with E-state index in [1.165, 1.54) is 7.11 Å². The molecule has 1 aliphatic rings. The zero-order valence-electron chi connectivity index (χ0n) is 18.5. The molecule has 0 atom stereocenters. The molecule has 0 aromatic heterocycles. The Bertz CT molecular complexity index is 937. The molecule has 6 heteroatoms. The standard InChI is InChI=1S/C23H24N2O4.C2H6/c1-4-8-20(11-7-12-22(26)29-3)25-15-19(14-24-16-25)21(23(27)28)13-18-10-6-5-9-17(18)2;1-2/h4-11,13,15-16H,1,12,14H2,2-3H3,(H,27,28);1-2H3/b11-7-,20-8+,21-13-;. The first-order valence-electron chi connectivity index (χ1n) is 10.0. The highest BCUT2D eigenvalue weighted by molar-refractivity contribution is 5.97. The molecule has 0 bridgehead atoms. The second-order valence-corrected chi connectivity index (χ2v) is 6.25. The highest BCUT2D eigenvalue weighted by atomic mass is 16.5. The molecule has 1 heterocycles. The van der Waals surface area contributed by atoms with E-state index in [1.54, 1.807) is 47.8 Å². The molecule has 1 aromatic carbocycles. The normalized spacial score (nSPS) is 13.9. The van der Waals surface area contributed by atoms with Crippen LogP contribution in [0, 0.1) is 6.92 Å². The van der Waals surface area contributed by atoms with Crippen LogP contribution in [0.25, 0.3) is 6.08 Å². The monoisotopic (exact) mass is 422 g/mol. The summed E-state index contributed by atoms with van der Waals surface area (Å²) in [6.45, 7) is 9.89. The highest BCUT2D eigenvalue weighted by Crippen LogP contribution is 2.22. The predicted molar refractivity (Wildman–Crippen MR) is 125 cm³/mol. The molecule has 31 heavy (non-hydrogen) atoms. The Hall–Kier alpha value is -3.67. The lowest BCUT2D eigenvalue weighted by Crippen LogP contribution is -2.21. The van der Waals surface area contributed by atoms with Gasteiger partial charge in [-0.3, -0.25) is 9.79 Å². The number of allylic oxidation sites excluding steroid dienone is 3. The summed E-state index contributed by atoms with van der Waals surface area (Å²) in [5.41, 5.74) is 3.26. The Morgan fingerprint density at radius 1 is 1.29 bits per heavy atom. The number of carbonyl (C=O) groups excluding carboxylic acids is 1. The fraction of sp³-hybridized carbons (Fsp3) is 0.240. The molecule has 0 unspecified atom stereocenters. The van der Waals surface area contributed by atoms with E-state index in [1.807, 2.05) is 45.0 Å². The molecule has 1 aliphatic heterocycles. The van der Waals surface area contributed by atoms with Gasteiger partial charge in [-0.15, -0.1) is 0 Å². The minimum atomic E-state index is -1.02. The van der Waals surface area contributed by atoms with Gasteiger partial charge >= 0.3 is 11.9 Å². The van der Waals surface area contributed by atoms with Crippen molar-refractivity contribution >= 4 is 24.4 Å². The Morgan fingerprint density at radius 2 is 2.00 bits per heavy atom. The van der Waals surface area contributed by atoms with Crippen molar-refractivity contribution in [2.24, 2.45) is 4.99 Å². The second kappa shape index (κ2) is 13.5. The van der Waals surface area contributed by atoms with Gasteiger partial charge in [-0.2, -0.15) is 0 Å². The highest BCUT2D eigenvalue weighted by Gasteiger charge is 2.18. The number of carboxylic acids is 1. The number of aliphatic carboxylic acids is 1. The summed E-state index contributed by atoms with van der Waals surface area (Å²) < 4.78 is 4.62. The number of carboxylic acid groups (broad SMARTS) is 1. The summed E-state index contributed by atoms with van der Waals surface area (Å²) in [6, 6.07) is 7.59. The first-order chi connectivity index (χ1) is 15.0. The summed E-state index contributed by atoms with van der Waals surface area (Å²) >= 11 is 0. The van der Waals surface area contributed by atoms with Crippen molar-refractivity contribution < 1.29 is 19.4 Å². The van der Waals surface area contributed by atoms with Crippen molar-refractivity contribution in [3.05, 3.63) is 89.3 Å². The maximum Gasteiger partial charge on any atom is 0.336 e. The maximum absolute atomic E-state index is 11.9. The first kappa shape index (κ1) is 25.4. The SMILES string of the molecule is C=C/C=C(\C=C/CC(=O)OC)N1C=NCC(/C(=C/c2ccccc2C)C(=O)O)=C1.CC. The molecule has 0 saturated heterocycles. The molecule has 0 aliphatic carbocycles. The third-order valence-electron chi connectivity index (χ3n) is 4.21. The quantitative estimate of drug-likeness (QED) is 0.366. The number of aryl methyl sites for hydroxylation is 1. The molecule has 164 valence electrons. The smallest absolute Gasteiger partial charge is 0.336 e. The Labute approximate surface area is 184 Å². The number of benzene rings is 1. The van der Waals surface area contributed by atoms with Crippen molar-refractivity contribution in [1.82, 2.24) is 4.90 Å². The van der Waals surface area contributed by atoms with Crippen LogP contribution in [0.15, 0.2) is 83.2 Å². The third kappa shape index (κ3) is 7.93. The third-order valence-corrected chi connectivity index (χ3v) is 4.21. The van der Waals surface area contributed by atoms with Crippen LogP contribution < -0.4 is 0 Å². The summed E-state index contributed by atoms with van der Waals surface area (Å²) in [7, 11) is 1.33. The topological polar surface area (TPSA) is 79.2 Å². The van der Waals surface area contributed by atoms with Gasteiger partial charge in [-0.25, -0.2) is 4.79 Å². The summed E-state index contributed by atoms with van der Waals surface area (Å²) in [6.07, 6.45) is 11.9. The number of hydrogen-bond donors (Lipinski definition) is 1. The number of nitrogens with zero attached hydrogens (tertiary/aromatic N) is 2. The van der Waals surface area contributed by atoms with Crippen molar-refractivity contribution in [2.45, 2.75) is 27.2 Å². The van der Waals surface area contributed by atoms with E-state index in [9.17, 15) is 14.7 Å². The molecule has 1 aromatic rings. The van der Waals surface area contributed by atoms with Gasteiger partial charge in [0.1, 0.15) is 0 Å². The Morgan fingerprint density at radius 3 is 2.61 bits per heavy atom. The van der Waals surface area contributed by atoms with Crippen molar-refractivity contribution in [3.63, 3.8) is 0 Å². The average Bonchev–Trinajstić information content (AvgIpc) is 2.79. The number of aliphatic imine (C=N–C) groups is 1. The predicted octanol–water partition coefficient (Wildman–Crippen LogP) is 4.91. The fourth-order valence-corrected chi connectivity index (χ4v) is 2.67. The van der Waals surface area contributed by atoms with E-state index >= 15 is 0 Å². The molecule has 0 saturated carbocycles. The summed E-state index contributed by atoms with van der Waals surface area (Å²) in [5, 5.41) is 9.76. The van der Waals surface area contributed by atoms with Gasteiger partial charge in [0.15, 0.2) is 0 Å². The van der Waals surface area contributed by atoms with Crippen LogP contribution >= 0.6 is 0 Å². The summed E-state index contributed by atoms with van der Waals surface area (Å²) in [5.74, 6) is -1.37. The number of methoxy groups -OCH3 is 1. The lowest BCUT2D eigenvalue weighted by Gasteiger charge is -2.22. The molecule has 1 N–H and O–H groups in total. The molecule has 0 amide bonds. The van der Waals surface area contributed by atoms with Crippen LogP contribution in [0.4, 0.5) is 0 Å². The molecule has 0 spiro atoms. The van der Waals surface area contributed by atoms with E-state index in [2.05, 4.69) is 16.3 Å². The van der Waals surface area contributed by atoms with Gasteiger partial charge in [0.2, 0.25) is 0 Å². The molecular weight excluding hydrogens is 392 g/mol. The van der Waals surface area contributed by atoms with Crippen LogP contribution in [0.3, 0.4) is 0 Å². The molecule has 0 fully saturated rings. The number of esters is 1. The van der Waals surface area contributed by atoms with Gasteiger partial charge < -0.3 is 14.7 Å². The van der Waals surface area contributed by atoms with Crippen LogP contribution in [0.1, 0.15) is 31.4 Å². The van der Waals surface area contributed by atoms with Crippen LogP contribution in [-0.2, 0) is 14.3 Å². The number of hydrogen-bond acceptors (Lipinski definition) is 5.